The SMILES string of the molecule is CC(=O)N[C@H]1C=C(C)C=C[C@H](O)CC=C(C)C=C[C@@H](O)CC=C(C)C(=O)[C@H]1C. The zero-order valence-electron chi connectivity index (χ0n) is 17.5. The summed E-state index contributed by atoms with van der Waals surface area (Å²) < 4.78 is 0. The predicted molar refractivity (Wildman–Crippen MR) is 113 cm³/mol. The van der Waals surface area contributed by atoms with Gasteiger partial charge in [-0.2, -0.15) is 0 Å². The van der Waals surface area contributed by atoms with E-state index in [2.05, 4.69) is 5.32 Å². The molecule has 0 aliphatic heterocycles. The highest BCUT2D eigenvalue weighted by atomic mass is 16.3. The van der Waals surface area contributed by atoms with Crippen LogP contribution in [0.25, 0.3) is 0 Å². The van der Waals surface area contributed by atoms with E-state index >= 15 is 0 Å². The number of allylic oxidation sites excluding steroid dienone is 5. The largest absolute Gasteiger partial charge is 0.389 e. The molecule has 1 aliphatic carbocycles. The van der Waals surface area contributed by atoms with Gasteiger partial charge in [-0.05, 0) is 39.2 Å². The van der Waals surface area contributed by atoms with Crippen LogP contribution in [0.1, 0.15) is 47.5 Å². The van der Waals surface area contributed by atoms with Crippen molar-refractivity contribution < 1.29 is 19.8 Å². The first-order chi connectivity index (χ1) is 13.1. The van der Waals surface area contributed by atoms with Crippen molar-refractivity contribution in [1.82, 2.24) is 5.32 Å². The molecule has 0 aromatic rings. The topological polar surface area (TPSA) is 86.6 Å². The molecule has 0 radical (unpaired) electrons. The molecule has 0 bridgehead atoms. The van der Waals surface area contributed by atoms with E-state index in [0.717, 1.165) is 11.1 Å². The molecule has 5 heteroatoms. The van der Waals surface area contributed by atoms with Gasteiger partial charge in [-0.25, -0.2) is 0 Å². The van der Waals surface area contributed by atoms with Gasteiger partial charge >= 0.3 is 0 Å². The highest BCUT2D eigenvalue weighted by molar-refractivity contribution is 5.97. The predicted octanol–water partition coefficient (Wildman–Crippen LogP) is 3.16. The zero-order chi connectivity index (χ0) is 21.3. The fourth-order valence-electron chi connectivity index (χ4n) is 2.86. The first-order valence-corrected chi connectivity index (χ1v) is 9.66. The second-order valence-electron chi connectivity index (χ2n) is 7.45. The number of aliphatic hydroxyl groups is 2. The summed E-state index contributed by atoms with van der Waals surface area (Å²) in [6.45, 7) is 8.70. The highest BCUT2D eigenvalue weighted by Gasteiger charge is 2.24. The van der Waals surface area contributed by atoms with E-state index in [1.54, 1.807) is 38.2 Å². The molecule has 0 spiro atoms. The number of carbonyl (C=O) groups is 2. The second kappa shape index (κ2) is 11.6. The average molecular weight is 388 g/mol. The Balaban J connectivity index is 3.26. The number of carbonyl (C=O) groups excluding carboxylic acids is 2. The van der Waals surface area contributed by atoms with Gasteiger partial charge in [0.1, 0.15) is 0 Å². The normalized spacial score (nSPS) is 28.1. The summed E-state index contributed by atoms with van der Waals surface area (Å²) >= 11 is 0. The summed E-state index contributed by atoms with van der Waals surface area (Å²) in [6, 6.07) is -0.460. The number of hydrogen-bond donors (Lipinski definition) is 3. The van der Waals surface area contributed by atoms with Gasteiger partial charge in [-0.1, -0.05) is 60.6 Å². The van der Waals surface area contributed by atoms with Crippen LogP contribution in [0.4, 0.5) is 0 Å². The van der Waals surface area contributed by atoms with E-state index in [0.29, 0.717) is 18.4 Å². The van der Waals surface area contributed by atoms with Crippen molar-refractivity contribution >= 4 is 11.7 Å². The van der Waals surface area contributed by atoms with Crippen molar-refractivity contribution in [3.05, 3.63) is 59.3 Å². The minimum atomic E-state index is -0.699. The quantitative estimate of drug-likeness (QED) is 0.645. The van der Waals surface area contributed by atoms with Crippen molar-refractivity contribution in [3.8, 4) is 0 Å². The van der Waals surface area contributed by atoms with Crippen molar-refractivity contribution in [1.29, 1.82) is 0 Å². The Kier molecular flexibility index (Phi) is 9.83. The molecule has 0 saturated heterocycles. The van der Waals surface area contributed by atoms with Crippen LogP contribution in [-0.4, -0.2) is 40.2 Å². The Morgan fingerprint density at radius 2 is 1.54 bits per heavy atom. The number of aliphatic hydroxyl groups excluding tert-OH is 2. The molecule has 0 aromatic heterocycles. The third-order valence-corrected chi connectivity index (χ3v) is 4.66. The fraction of sp³-hybridized carbons (Fsp3) is 0.478. The molecule has 1 rings (SSSR count). The summed E-state index contributed by atoms with van der Waals surface area (Å²) in [7, 11) is 0. The van der Waals surface area contributed by atoms with E-state index in [9.17, 15) is 19.8 Å². The van der Waals surface area contributed by atoms with Gasteiger partial charge in [-0.3, -0.25) is 9.59 Å². The van der Waals surface area contributed by atoms with Crippen molar-refractivity contribution in [2.75, 3.05) is 0 Å². The third kappa shape index (κ3) is 8.63. The van der Waals surface area contributed by atoms with Crippen LogP contribution in [0.5, 0.6) is 0 Å². The lowest BCUT2D eigenvalue weighted by Gasteiger charge is -2.22. The molecule has 3 N–H and O–H groups in total. The Morgan fingerprint density at radius 3 is 2.11 bits per heavy atom. The maximum Gasteiger partial charge on any atom is 0.217 e. The summed E-state index contributed by atoms with van der Waals surface area (Å²) in [5.41, 5.74) is 2.35. The maximum absolute atomic E-state index is 12.8. The van der Waals surface area contributed by atoms with E-state index in [1.807, 2.05) is 32.1 Å². The Bertz CT molecular complexity index is 712. The van der Waals surface area contributed by atoms with Crippen molar-refractivity contribution in [2.24, 2.45) is 5.92 Å². The van der Waals surface area contributed by atoms with Gasteiger partial charge in [-0.15, -0.1) is 0 Å². The molecule has 28 heavy (non-hydrogen) atoms. The number of rotatable bonds is 1. The first-order valence-electron chi connectivity index (χ1n) is 9.66. The van der Waals surface area contributed by atoms with Gasteiger partial charge in [0.05, 0.1) is 18.2 Å². The number of hydrogen-bond acceptors (Lipinski definition) is 4. The van der Waals surface area contributed by atoms with Crippen LogP contribution in [0.15, 0.2) is 59.3 Å². The van der Waals surface area contributed by atoms with Gasteiger partial charge in [0.2, 0.25) is 5.91 Å². The minimum absolute atomic E-state index is 0.0802. The molecule has 154 valence electrons. The third-order valence-electron chi connectivity index (χ3n) is 4.66. The molecule has 0 unspecified atom stereocenters. The van der Waals surface area contributed by atoms with Crippen LogP contribution in [0.3, 0.4) is 0 Å². The number of amides is 1. The van der Waals surface area contributed by atoms with Gasteiger partial charge in [0, 0.05) is 12.8 Å². The van der Waals surface area contributed by atoms with Crippen LogP contribution < -0.4 is 5.32 Å². The lowest BCUT2D eigenvalue weighted by atomic mass is 9.90. The number of nitrogens with one attached hydrogen (secondary N) is 1. The Labute approximate surface area is 168 Å². The average Bonchev–Trinajstić information content (AvgIpc) is 2.64. The molecule has 0 saturated carbocycles. The molecule has 1 aliphatic rings. The lowest BCUT2D eigenvalue weighted by molar-refractivity contribution is -0.121. The van der Waals surface area contributed by atoms with Crippen LogP contribution in [-0.2, 0) is 9.59 Å². The maximum atomic E-state index is 12.8. The molecule has 0 fully saturated rings. The van der Waals surface area contributed by atoms with Gasteiger partial charge in [0.15, 0.2) is 5.78 Å². The molecular formula is C23H33NO4. The monoisotopic (exact) mass is 387 g/mol. The minimum Gasteiger partial charge on any atom is -0.389 e. The van der Waals surface area contributed by atoms with Gasteiger partial charge < -0.3 is 15.5 Å². The summed E-state index contributed by atoms with van der Waals surface area (Å²) in [6.07, 6.45) is 11.9. The fourth-order valence-corrected chi connectivity index (χ4v) is 2.86. The van der Waals surface area contributed by atoms with E-state index < -0.39 is 24.2 Å². The molecule has 5 nitrogen and oxygen atoms in total. The summed E-state index contributed by atoms with van der Waals surface area (Å²) in [5.74, 6) is -0.754. The molecule has 4 atom stereocenters. The zero-order valence-corrected chi connectivity index (χ0v) is 17.5. The first kappa shape index (κ1) is 23.8. The molecule has 0 aromatic carbocycles. The molecule has 1 amide bonds. The number of ketones is 1. The standard InChI is InChI=1S/C23H33NO4/c1-15-6-10-20(26)12-8-16(2)14-22(24-19(5)25)18(4)23(28)17(3)9-13-21(27)11-7-15/h6-9,11-12,14,18,20-22,26-27H,10,13H2,1-5H3,(H,24,25)/t18-,20+,21+,22-/m0/s1. The highest BCUT2D eigenvalue weighted by Crippen LogP contribution is 2.16. The van der Waals surface area contributed by atoms with Crippen molar-refractivity contribution in [3.63, 3.8) is 0 Å². The Hall–Kier alpha value is -2.24. The molecular weight excluding hydrogens is 354 g/mol. The summed E-state index contributed by atoms with van der Waals surface area (Å²) in [5, 5.41) is 23.1. The van der Waals surface area contributed by atoms with E-state index in [-0.39, 0.29) is 11.7 Å². The van der Waals surface area contributed by atoms with Crippen LogP contribution in [0, 0.1) is 5.92 Å². The lowest BCUT2D eigenvalue weighted by Crippen LogP contribution is -2.40. The van der Waals surface area contributed by atoms with Crippen LogP contribution >= 0.6 is 0 Å². The van der Waals surface area contributed by atoms with E-state index in [1.165, 1.54) is 6.92 Å². The van der Waals surface area contributed by atoms with Crippen molar-refractivity contribution in [2.45, 2.75) is 65.7 Å². The number of Topliss-reactive ketones (excluding diaryl/α,β-unsaturated/α-hetero) is 1. The van der Waals surface area contributed by atoms with E-state index in [4.69, 9.17) is 0 Å². The van der Waals surface area contributed by atoms with Gasteiger partial charge in [0.25, 0.3) is 0 Å². The Morgan fingerprint density at radius 1 is 1.00 bits per heavy atom. The smallest absolute Gasteiger partial charge is 0.217 e. The second-order valence-corrected chi connectivity index (χ2v) is 7.45. The summed E-state index contributed by atoms with van der Waals surface area (Å²) in [4.78, 5) is 24.4. The molecule has 0 heterocycles. The van der Waals surface area contributed by atoms with Crippen LogP contribution in [0.2, 0.25) is 0 Å².